The number of hydrogen-bond acceptors (Lipinski definition) is 2. The van der Waals surface area contributed by atoms with Crippen LogP contribution in [-0.4, -0.2) is 37.1 Å². The van der Waals surface area contributed by atoms with Gasteiger partial charge in [0, 0.05) is 25.2 Å². The number of piperidine rings is 1. The summed E-state index contributed by atoms with van der Waals surface area (Å²) >= 11 is 0. The van der Waals surface area contributed by atoms with Crippen molar-refractivity contribution in [1.29, 1.82) is 0 Å². The minimum atomic E-state index is 0. The highest BCUT2D eigenvalue weighted by molar-refractivity contribution is 5.85. The maximum absolute atomic E-state index is 3.37. The van der Waals surface area contributed by atoms with Crippen LogP contribution in [0.3, 0.4) is 0 Å². The Balaban J connectivity index is 0.000000405. The van der Waals surface area contributed by atoms with Gasteiger partial charge in [-0.05, 0) is 13.5 Å². The van der Waals surface area contributed by atoms with Crippen molar-refractivity contribution in [3.05, 3.63) is 0 Å². The molecule has 2 nitrogen and oxygen atoms in total. The monoisotopic (exact) mass is 184 g/mol. The van der Waals surface area contributed by atoms with Crippen LogP contribution in [0.2, 0.25) is 0 Å². The lowest BCUT2D eigenvalue weighted by molar-refractivity contribution is 0.0125. The topological polar surface area (TPSA) is 15.3 Å². The molecule has 3 aliphatic heterocycles. The molecule has 0 aromatic carbocycles. The Kier molecular flexibility index (Phi) is 3.95. The van der Waals surface area contributed by atoms with E-state index in [1.165, 1.54) is 19.5 Å². The number of nitrogens with zero attached hydrogens (tertiary/aromatic N) is 1. The van der Waals surface area contributed by atoms with Crippen LogP contribution in [0.15, 0.2) is 0 Å². The molecule has 1 N–H and O–H groups in total. The third-order valence-corrected chi connectivity index (χ3v) is 2.46. The lowest BCUT2D eigenvalue weighted by atomic mass is 9.90. The fraction of sp³-hybridized carbons (Fsp3) is 1.00. The van der Waals surface area contributed by atoms with Crippen molar-refractivity contribution in [2.24, 2.45) is 0 Å². The van der Waals surface area contributed by atoms with E-state index in [9.17, 15) is 0 Å². The standard InChI is InChI=1S/C6H12N2.2ClH/c1-8-5-2-6(8)4-7-3-5;;/h5-7H,2-4H2,1H3;2*1H. The first-order valence-electron chi connectivity index (χ1n) is 3.30. The average molecular weight is 185 g/mol. The van der Waals surface area contributed by atoms with E-state index in [1.807, 2.05) is 0 Å². The molecule has 0 radical (unpaired) electrons. The van der Waals surface area contributed by atoms with E-state index in [1.54, 1.807) is 0 Å². The molecule has 0 spiro atoms. The van der Waals surface area contributed by atoms with Crippen molar-refractivity contribution in [2.75, 3.05) is 20.1 Å². The molecule has 10 heavy (non-hydrogen) atoms. The lowest BCUT2D eigenvalue weighted by Crippen LogP contribution is -2.66. The first kappa shape index (κ1) is 10.5. The predicted molar refractivity (Wildman–Crippen MR) is 47.3 cm³/mol. The summed E-state index contributed by atoms with van der Waals surface area (Å²) in [4.78, 5) is 2.47. The smallest absolute Gasteiger partial charge is 0.0236 e. The molecule has 4 heteroatoms. The van der Waals surface area contributed by atoms with Crippen molar-refractivity contribution in [3.63, 3.8) is 0 Å². The Morgan fingerprint density at radius 3 is 1.90 bits per heavy atom. The summed E-state index contributed by atoms with van der Waals surface area (Å²) < 4.78 is 0. The summed E-state index contributed by atoms with van der Waals surface area (Å²) in [7, 11) is 2.22. The second kappa shape index (κ2) is 3.77. The Morgan fingerprint density at radius 2 is 1.70 bits per heavy atom. The van der Waals surface area contributed by atoms with E-state index >= 15 is 0 Å². The highest BCUT2D eigenvalue weighted by Gasteiger charge is 2.37. The lowest BCUT2D eigenvalue weighted by Gasteiger charge is -2.51. The molecule has 62 valence electrons. The van der Waals surface area contributed by atoms with Gasteiger partial charge in [0.1, 0.15) is 0 Å². The van der Waals surface area contributed by atoms with Crippen molar-refractivity contribution < 1.29 is 0 Å². The van der Waals surface area contributed by atoms with E-state index in [-0.39, 0.29) is 24.8 Å². The fourth-order valence-corrected chi connectivity index (χ4v) is 1.68. The molecule has 3 aliphatic rings. The predicted octanol–water partition coefficient (Wildman–Crippen LogP) is 0.506. The van der Waals surface area contributed by atoms with Gasteiger partial charge in [-0.15, -0.1) is 24.8 Å². The molecule has 3 rings (SSSR count). The van der Waals surface area contributed by atoms with E-state index in [0.717, 1.165) is 12.1 Å². The number of fused-ring (bicyclic) bond motifs is 2. The zero-order chi connectivity index (χ0) is 5.56. The summed E-state index contributed by atoms with van der Waals surface area (Å²) in [6.45, 7) is 2.43. The van der Waals surface area contributed by atoms with Crippen molar-refractivity contribution in [2.45, 2.75) is 18.5 Å². The van der Waals surface area contributed by atoms with Gasteiger partial charge in [-0.1, -0.05) is 0 Å². The summed E-state index contributed by atoms with van der Waals surface area (Å²) in [6, 6.07) is 1.74. The maximum Gasteiger partial charge on any atom is 0.0236 e. The van der Waals surface area contributed by atoms with Crippen LogP contribution in [-0.2, 0) is 0 Å². The van der Waals surface area contributed by atoms with Crippen molar-refractivity contribution in [3.8, 4) is 0 Å². The van der Waals surface area contributed by atoms with Gasteiger partial charge in [0.05, 0.1) is 0 Å². The van der Waals surface area contributed by atoms with Crippen LogP contribution in [0.4, 0.5) is 0 Å². The van der Waals surface area contributed by atoms with Gasteiger partial charge >= 0.3 is 0 Å². The second-order valence-corrected chi connectivity index (χ2v) is 2.87. The van der Waals surface area contributed by atoms with E-state index in [2.05, 4.69) is 17.3 Å². The summed E-state index contributed by atoms with van der Waals surface area (Å²) in [5.41, 5.74) is 0. The normalized spacial score (nSPS) is 36.9. The Labute approximate surface area is 74.2 Å². The summed E-state index contributed by atoms with van der Waals surface area (Å²) in [5, 5.41) is 3.37. The molecule has 2 bridgehead atoms. The van der Waals surface area contributed by atoms with Gasteiger partial charge in [0.2, 0.25) is 0 Å². The van der Waals surface area contributed by atoms with Crippen LogP contribution in [0.5, 0.6) is 0 Å². The van der Waals surface area contributed by atoms with Gasteiger partial charge in [-0.25, -0.2) is 0 Å². The highest BCUT2D eigenvalue weighted by Crippen LogP contribution is 2.25. The number of hydrogen-bond donors (Lipinski definition) is 1. The van der Waals surface area contributed by atoms with Crippen molar-refractivity contribution >= 4 is 24.8 Å². The summed E-state index contributed by atoms with van der Waals surface area (Å²) in [6.07, 6.45) is 1.43. The molecule has 0 aliphatic carbocycles. The third-order valence-electron chi connectivity index (χ3n) is 2.46. The van der Waals surface area contributed by atoms with Crippen LogP contribution >= 0.6 is 24.8 Å². The van der Waals surface area contributed by atoms with Gasteiger partial charge in [-0.3, -0.25) is 4.90 Å². The van der Waals surface area contributed by atoms with Crippen LogP contribution < -0.4 is 5.32 Å². The molecular formula is C6H14Cl2N2. The molecule has 0 aromatic rings. The zero-order valence-electron chi connectivity index (χ0n) is 6.04. The molecule has 0 saturated carbocycles. The largest absolute Gasteiger partial charge is 0.314 e. The molecule has 2 atom stereocenters. The minimum absolute atomic E-state index is 0. The zero-order valence-corrected chi connectivity index (χ0v) is 7.67. The number of nitrogens with one attached hydrogen (secondary N) is 1. The van der Waals surface area contributed by atoms with Gasteiger partial charge in [-0.2, -0.15) is 0 Å². The van der Waals surface area contributed by atoms with Gasteiger partial charge in [0.15, 0.2) is 0 Å². The Bertz CT molecular complexity index is 95.9. The van der Waals surface area contributed by atoms with Crippen molar-refractivity contribution in [1.82, 2.24) is 10.2 Å². The Morgan fingerprint density at radius 1 is 1.20 bits per heavy atom. The highest BCUT2D eigenvalue weighted by atomic mass is 35.5. The maximum atomic E-state index is 3.37. The third kappa shape index (κ3) is 1.40. The van der Waals surface area contributed by atoms with Crippen LogP contribution in [0.1, 0.15) is 6.42 Å². The fourth-order valence-electron chi connectivity index (χ4n) is 1.68. The second-order valence-electron chi connectivity index (χ2n) is 2.87. The molecular weight excluding hydrogens is 171 g/mol. The van der Waals surface area contributed by atoms with Gasteiger partial charge in [0.25, 0.3) is 0 Å². The molecule has 2 unspecified atom stereocenters. The quantitative estimate of drug-likeness (QED) is 0.591. The molecule has 3 heterocycles. The summed E-state index contributed by atoms with van der Waals surface area (Å²) in [5.74, 6) is 0. The molecule has 0 amide bonds. The Hall–Kier alpha value is 0.500. The first-order valence-corrected chi connectivity index (χ1v) is 3.30. The molecule has 0 aromatic heterocycles. The van der Waals surface area contributed by atoms with E-state index < -0.39 is 0 Å². The molecule has 3 saturated heterocycles. The number of halogens is 2. The van der Waals surface area contributed by atoms with E-state index in [0.29, 0.717) is 0 Å². The van der Waals surface area contributed by atoms with Crippen LogP contribution in [0, 0.1) is 0 Å². The first-order chi connectivity index (χ1) is 3.88. The average Bonchev–Trinajstić information content (AvgIpc) is 1.89. The number of piperazine rings is 1. The van der Waals surface area contributed by atoms with E-state index in [4.69, 9.17) is 0 Å². The SMILES string of the molecule is CN1C2CNCC1C2.Cl.Cl. The van der Waals surface area contributed by atoms with Crippen LogP contribution in [0.25, 0.3) is 0 Å². The molecule has 3 fully saturated rings. The minimum Gasteiger partial charge on any atom is -0.314 e. The number of likely N-dealkylation sites (N-methyl/N-ethyl adjacent to an activating group) is 1. The number of rotatable bonds is 0. The van der Waals surface area contributed by atoms with Gasteiger partial charge < -0.3 is 5.32 Å².